The van der Waals surface area contributed by atoms with Gasteiger partial charge in [-0.25, -0.2) is 0 Å². The number of carbonyl (C=O) groups is 2. The summed E-state index contributed by atoms with van der Waals surface area (Å²) in [5.74, 6) is -0.807. The van der Waals surface area contributed by atoms with Crippen molar-refractivity contribution >= 4 is 11.9 Å². The molecule has 0 heterocycles. The van der Waals surface area contributed by atoms with Crippen molar-refractivity contribution in [1.82, 2.24) is 0 Å². The maximum Gasteiger partial charge on any atom is 0.313 e. The van der Waals surface area contributed by atoms with Gasteiger partial charge in [0, 0.05) is 0 Å². The number of carbonyl (C=O) groups excluding carboxylic acids is 2. The molecule has 0 saturated carbocycles. The van der Waals surface area contributed by atoms with Gasteiger partial charge in [0.2, 0.25) is 0 Å². The highest BCUT2D eigenvalue weighted by molar-refractivity contribution is 5.92. The molecule has 0 aliphatic rings. The Balaban J connectivity index is 4.60. The van der Waals surface area contributed by atoms with Crippen molar-refractivity contribution in [2.45, 2.75) is 26.7 Å². The first-order valence-electron chi connectivity index (χ1n) is 4.64. The molecular weight excluding hydrogens is 184 g/mol. The van der Waals surface area contributed by atoms with Gasteiger partial charge < -0.3 is 9.47 Å². The van der Waals surface area contributed by atoms with Gasteiger partial charge in [0.1, 0.15) is 0 Å². The second-order valence-electron chi connectivity index (χ2n) is 2.85. The average Bonchev–Trinajstić information content (AvgIpc) is 2.23. The second kappa shape index (κ2) is 6.40. The van der Waals surface area contributed by atoms with Crippen LogP contribution in [-0.4, -0.2) is 26.2 Å². The smallest absolute Gasteiger partial charge is 0.313 e. The summed E-state index contributed by atoms with van der Waals surface area (Å²) in [4.78, 5) is 22.6. The Labute approximate surface area is 84.6 Å². The highest BCUT2D eigenvalue weighted by Gasteiger charge is 2.33. The van der Waals surface area contributed by atoms with Crippen LogP contribution in [0.25, 0.3) is 0 Å². The summed E-state index contributed by atoms with van der Waals surface area (Å²) in [7, 11) is 2.62. The first kappa shape index (κ1) is 12.9. The summed E-state index contributed by atoms with van der Waals surface area (Å²) in [6.45, 7) is 3.65. The van der Waals surface area contributed by atoms with Crippen LogP contribution in [0, 0.1) is 11.8 Å². The van der Waals surface area contributed by atoms with E-state index in [2.05, 4.69) is 9.47 Å². The molecule has 4 heteroatoms. The molecule has 0 aromatic carbocycles. The molecular formula is C10H17O4. The molecule has 1 radical (unpaired) electrons. The third-order valence-electron chi connectivity index (χ3n) is 2.14. The molecule has 0 fully saturated rings. The molecule has 0 aromatic rings. The van der Waals surface area contributed by atoms with E-state index in [-0.39, 0.29) is 5.97 Å². The Bertz CT molecular complexity index is 178. The van der Waals surface area contributed by atoms with Crippen molar-refractivity contribution in [2.24, 2.45) is 5.92 Å². The van der Waals surface area contributed by atoms with Crippen LogP contribution in [0.4, 0.5) is 0 Å². The number of methoxy groups -OCH3 is 2. The summed E-state index contributed by atoms with van der Waals surface area (Å²) in [5, 5.41) is 0. The lowest BCUT2D eigenvalue weighted by Crippen LogP contribution is -2.29. The van der Waals surface area contributed by atoms with Crippen LogP contribution < -0.4 is 0 Å². The van der Waals surface area contributed by atoms with Crippen LogP contribution in [0.2, 0.25) is 0 Å². The van der Waals surface area contributed by atoms with Crippen LogP contribution in [-0.2, 0) is 19.1 Å². The highest BCUT2D eigenvalue weighted by Crippen LogP contribution is 2.24. The minimum atomic E-state index is -0.475. The van der Waals surface area contributed by atoms with Crippen LogP contribution in [0.3, 0.4) is 0 Å². The molecule has 4 nitrogen and oxygen atoms in total. The topological polar surface area (TPSA) is 52.6 Å². The van der Waals surface area contributed by atoms with Crippen molar-refractivity contribution < 1.29 is 19.1 Å². The van der Waals surface area contributed by atoms with Crippen LogP contribution in [0.1, 0.15) is 26.7 Å². The van der Waals surface area contributed by atoms with E-state index in [1.165, 1.54) is 14.2 Å². The molecule has 0 spiro atoms. The second-order valence-corrected chi connectivity index (χ2v) is 2.85. The fourth-order valence-corrected chi connectivity index (χ4v) is 1.36. The molecule has 0 saturated heterocycles. The van der Waals surface area contributed by atoms with Gasteiger partial charge in [-0.15, -0.1) is 0 Å². The molecule has 0 amide bonds. The molecule has 1 atom stereocenters. The van der Waals surface area contributed by atoms with Gasteiger partial charge >= 0.3 is 11.9 Å². The van der Waals surface area contributed by atoms with Gasteiger partial charge in [-0.05, 0) is 12.8 Å². The van der Waals surface area contributed by atoms with Crippen molar-refractivity contribution in [3.8, 4) is 0 Å². The molecule has 0 aliphatic heterocycles. The largest absolute Gasteiger partial charge is 0.469 e. The minimum Gasteiger partial charge on any atom is -0.469 e. The van der Waals surface area contributed by atoms with E-state index >= 15 is 0 Å². The van der Waals surface area contributed by atoms with E-state index in [0.717, 1.165) is 0 Å². The minimum absolute atomic E-state index is 0.380. The molecule has 14 heavy (non-hydrogen) atoms. The number of esters is 2. The third-order valence-corrected chi connectivity index (χ3v) is 2.14. The maximum atomic E-state index is 11.3. The molecule has 0 rings (SSSR count). The summed E-state index contributed by atoms with van der Waals surface area (Å²) in [5.41, 5.74) is 0. The Morgan fingerprint density at radius 1 is 1.14 bits per heavy atom. The average molecular weight is 201 g/mol. The van der Waals surface area contributed by atoms with Crippen molar-refractivity contribution in [1.29, 1.82) is 0 Å². The normalized spacial score (nSPS) is 12.4. The van der Waals surface area contributed by atoms with E-state index < -0.39 is 11.9 Å². The number of ether oxygens (including phenoxy) is 2. The number of rotatable bonds is 5. The summed E-state index contributed by atoms with van der Waals surface area (Å²) < 4.78 is 9.21. The zero-order chi connectivity index (χ0) is 11.1. The fraction of sp³-hybridized carbons (Fsp3) is 0.700. The fourth-order valence-electron chi connectivity index (χ4n) is 1.36. The van der Waals surface area contributed by atoms with Crippen molar-refractivity contribution in [3.05, 3.63) is 5.92 Å². The van der Waals surface area contributed by atoms with Crippen LogP contribution in [0.5, 0.6) is 0 Å². The van der Waals surface area contributed by atoms with Gasteiger partial charge in [0.05, 0.1) is 26.1 Å². The highest BCUT2D eigenvalue weighted by atomic mass is 16.5. The lowest BCUT2D eigenvalue weighted by molar-refractivity contribution is -0.150. The quantitative estimate of drug-likeness (QED) is 0.630. The van der Waals surface area contributed by atoms with Gasteiger partial charge in [0.25, 0.3) is 0 Å². The van der Waals surface area contributed by atoms with Crippen molar-refractivity contribution in [3.63, 3.8) is 0 Å². The zero-order valence-corrected chi connectivity index (χ0v) is 9.12. The molecule has 0 aromatic heterocycles. The van der Waals surface area contributed by atoms with E-state index in [1.807, 2.05) is 13.8 Å². The Hall–Kier alpha value is -1.06. The summed E-state index contributed by atoms with van der Waals surface area (Å²) >= 11 is 0. The summed E-state index contributed by atoms with van der Waals surface area (Å²) in [6, 6.07) is 0. The van der Waals surface area contributed by atoms with E-state index in [0.29, 0.717) is 18.8 Å². The Morgan fingerprint density at radius 3 is 2.00 bits per heavy atom. The first-order valence-corrected chi connectivity index (χ1v) is 4.64. The number of hydrogen-bond donors (Lipinski definition) is 0. The first-order chi connectivity index (χ1) is 6.62. The van der Waals surface area contributed by atoms with Gasteiger partial charge in [-0.3, -0.25) is 9.59 Å². The molecule has 81 valence electrons. The predicted molar refractivity (Wildman–Crippen MR) is 51.3 cm³/mol. The lowest BCUT2D eigenvalue weighted by atomic mass is 9.88. The number of hydrogen-bond acceptors (Lipinski definition) is 4. The summed E-state index contributed by atoms with van der Waals surface area (Å²) in [6.07, 6.45) is 1.05. The predicted octanol–water partition coefficient (Wildman–Crippen LogP) is 1.34. The Kier molecular flexibility index (Phi) is 5.92. The van der Waals surface area contributed by atoms with E-state index in [1.54, 1.807) is 0 Å². The molecule has 0 bridgehead atoms. The Morgan fingerprint density at radius 2 is 1.71 bits per heavy atom. The lowest BCUT2D eigenvalue weighted by Gasteiger charge is -2.19. The third kappa shape index (κ3) is 3.01. The van der Waals surface area contributed by atoms with E-state index in [9.17, 15) is 9.59 Å². The molecule has 1 unspecified atom stereocenters. The maximum absolute atomic E-state index is 11.3. The van der Waals surface area contributed by atoms with E-state index in [4.69, 9.17) is 0 Å². The van der Waals surface area contributed by atoms with Gasteiger partial charge in [0.15, 0.2) is 0 Å². The molecule has 0 N–H and O–H groups in total. The zero-order valence-electron chi connectivity index (χ0n) is 9.12. The van der Waals surface area contributed by atoms with Crippen LogP contribution >= 0.6 is 0 Å². The van der Waals surface area contributed by atoms with Crippen LogP contribution in [0.15, 0.2) is 0 Å². The van der Waals surface area contributed by atoms with Gasteiger partial charge in [-0.2, -0.15) is 0 Å². The monoisotopic (exact) mass is 201 g/mol. The van der Waals surface area contributed by atoms with Gasteiger partial charge in [-0.1, -0.05) is 13.8 Å². The van der Waals surface area contributed by atoms with Crippen molar-refractivity contribution in [2.75, 3.05) is 14.2 Å². The standard InChI is InChI=1S/C10H17O4/c1-5-7(9(11)13-3)8(6-2)10(12)14-4/h7H,5-6H2,1-4H3. The SMILES string of the molecule is CC[C](C(=O)OC)C(CC)C(=O)OC. The molecule has 0 aliphatic carbocycles.